The second-order valence-electron chi connectivity index (χ2n) is 4.88. The van der Waals surface area contributed by atoms with E-state index in [0.29, 0.717) is 18.2 Å². The first-order valence-corrected chi connectivity index (χ1v) is 8.07. The maximum atomic E-state index is 11.7. The maximum absolute atomic E-state index is 11.7. The van der Waals surface area contributed by atoms with E-state index in [4.69, 9.17) is 5.11 Å². The molecule has 0 bridgehead atoms. The summed E-state index contributed by atoms with van der Waals surface area (Å²) in [5.74, 6) is 0.193. The first kappa shape index (κ1) is 16.1. The third kappa shape index (κ3) is 6.71. The predicted octanol–water partition coefficient (Wildman–Crippen LogP) is 2.21. The van der Waals surface area contributed by atoms with Crippen LogP contribution in [0.5, 0.6) is 0 Å². The van der Waals surface area contributed by atoms with Gasteiger partial charge in [-0.25, -0.2) is 9.59 Å². The summed E-state index contributed by atoms with van der Waals surface area (Å²) >= 11 is 1.89. The highest BCUT2D eigenvalue weighted by molar-refractivity contribution is 7.99. The van der Waals surface area contributed by atoms with Crippen LogP contribution in [0.1, 0.15) is 45.4 Å². The van der Waals surface area contributed by atoms with Crippen LogP contribution in [0.2, 0.25) is 0 Å². The van der Waals surface area contributed by atoms with E-state index < -0.39 is 12.0 Å². The summed E-state index contributed by atoms with van der Waals surface area (Å²) in [6, 6.07) is -1.14. The van der Waals surface area contributed by atoms with Crippen LogP contribution in [0, 0.1) is 0 Å². The minimum Gasteiger partial charge on any atom is -0.480 e. The van der Waals surface area contributed by atoms with Crippen molar-refractivity contribution < 1.29 is 14.7 Å². The number of urea groups is 1. The average molecular weight is 288 g/mol. The number of carboxylic acids is 1. The van der Waals surface area contributed by atoms with Crippen molar-refractivity contribution in [1.29, 1.82) is 0 Å². The molecule has 6 heteroatoms. The van der Waals surface area contributed by atoms with Crippen LogP contribution in [0.4, 0.5) is 4.79 Å². The minimum absolute atomic E-state index is 0.366. The zero-order valence-electron chi connectivity index (χ0n) is 11.5. The van der Waals surface area contributed by atoms with Crippen LogP contribution in [0.3, 0.4) is 0 Å². The average Bonchev–Trinajstić information content (AvgIpc) is 2.42. The van der Waals surface area contributed by atoms with Crippen LogP contribution in [-0.4, -0.2) is 40.7 Å². The SMILES string of the molecule is CCCCC(NC(=O)NCC1CCCCS1)C(=O)O. The van der Waals surface area contributed by atoms with Gasteiger partial charge >= 0.3 is 12.0 Å². The van der Waals surface area contributed by atoms with E-state index in [1.165, 1.54) is 12.8 Å². The molecule has 0 aromatic carbocycles. The molecule has 2 atom stereocenters. The number of thioether (sulfide) groups is 1. The Morgan fingerprint density at radius 3 is 2.79 bits per heavy atom. The molecule has 1 rings (SSSR count). The molecule has 1 fully saturated rings. The Bertz CT molecular complexity index is 294. The van der Waals surface area contributed by atoms with Gasteiger partial charge in [0.1, 0.15) is 6.04 Å². The Balaban J connectivity index is 2.25. The molecule has 0 saturated carbocycles. The van der Waals surface area contributed by atoms with E-state index in [-0.39, 0.29) is 6.03 Å². The van der Waals surface area contributed by atoms with Crippen molar-refractivity contribution in [2.45, 2.75) is 56.7 Å². The van der Waals surface area contributed by atoms with Crippen LogP contribution < -0.4 is 10.6 Å². The van der Waals surface area contributed by atoms with E-state index in [1.54, 1.807) is 0 Å². The molecule has 1 saturated heterocycles. The molecule has 1 heterocycles. The van der Waals surface area contributed by atoms with Gasteiger partial charge in [0, 0.05) is 11.8 Å². The minimum atomic E-state index is -0.962. The summed E-state index contributed by atoms with van der Waals surface area (Å²) in [5, 5.41) is 14.8. The Morgan fingerprint density at radius 2 is 2.21 bits per heavy atom. The van der Waals surface area contributed by atoms with Crippen molar-refractivity contribution >= 4 is 23.8 Å². The van der Waals surface area contributed by atoms with Crippen LogP contribution in [0.25, 0.3) is 0 Å². The Hall–Kier alpha value is -0.910. The van der Waals surface area contributed by atoms with Gasteiger partial charge in [0.25, 0.3) is 0 Å². The quantitative estimate of drug-likeness (QED) is 0.671. The molecule has 1 aliphatic rings. The number of rotatable bonds is 7. The Morgan fingerprint density at radius 1 is 1.42 bits per heavy atom. The molecule has 5 nitrogen and oxygen atoms in total. The second kappa shape index (κ2) is 9.07. The molecule has 110 valence electrons. The third-order valence-corrected chi connectivity index (χ3v) is 4.61. The predicted molar refractivity (Wildman–Crippen MR) is 77.6 cm³/mol. The van der Waals surface area contributed by atoms with Gasteiger partial charge in [-0.15, -0.1) is 0 Å². The Kier molecular flexibility index (Phi) is 7.70. The molecule has 0 aromatic rings. The summed E-state index contributed by atoms with van der Waals surface area (Å²) in [7, 11) is 0. The van der Waals surface area contributed by atoms with Gasteiger partial charge in [-0.2, -0.15) is 11.8 Å². The molecule has 0 aromatic heterocycles. The van der Waals surface area contributed by atoms with E-state index in [0.717, 1.165) is 25.0 Å². The van der Waals surface area contributed by atoms with Crippen molar-refractivity contribution in [2.24, 2.45) is 0 Å². The lowest BCUT2D eigenvalue weighted by Gasteiger charge is -2.22. The van der Waals surface area contributed by atoms with Gasteiger partial charge in [0.15, 0.2) is 0 Å². The highest BCUT2D eigenvalue weighted by Crippen LogP contribution is 2.24. The van der Waals surface area contributed by atoms with Gasteiger partial charge < -0.3 is 15.7 Å². The van der Waals surface area contributed by atoms with E-state index >= 15 is 0 Å². The molecular formula is C13H24N2O3S. The molecule has 1 aliphatic heterocycles. The molecule has 0 spiro atoms. The topological polar surface area (TPSA) is 78.4 Å². The number of hydrogen-bond donors (Lipinski definition) is 3. The molecule has 0 aliphatic carbocycles. The fraction of sp³-hybridized carbons (Fsp3) is 0.846. The monoisotopic (exact) mass is 288 g/mol. The van der Waals surface area contributed by atoms with Gasteiger partial charge in [0.05, 0.1) is 0 Å². The van der Waals surface area contributed by atoms with E-state index in [9.17, 15) is 9.59 Å². The number of nitrogens with one attached hydrogen (secondary N) is 2. The summed E-state index contributed by atoms with van der Waals surface area (Å²) in [4.78, 5) is 22.7. The van der Waals surface area contributed by atoms with Crippen molar-refractivity contribution in [3.63, 3.8) is 0 Å². The number of carboxylic acid groups (broad SMARTS) is 1. The standard InChI is InChI=1S/C13H24N2O3S/c1-2-3-7-11(12(16)17)15-13(18)14-9-10-6-4-5-8-19-10/h10-11H,2-9H2,1H3,(H,16,17)(H2,14,15,18). The fourth-order valence-electron chi connectivity index (χ4n) is 2.05. The zero-order chi connectivity index (χ0) is 14.1. The molecule has 2 unspecified atom stereocenters. The summed E-state index contributed by atoms with van der Waals surface area (Å²) in [5.41, 5.74) is 0. The number of carbonyl (C=O) groups is 2. The maximum Gasteiger partial charge on any atom is 0.326 e. The normalized spacial score (nSPS) is 20.6. The number of aliphatic carboxylic acids is 1. The molecule has 0 radical (unpaired) electrons. The third-order valence-electron chi connectivity index (χ3n) is 3.21. The van der Waals surface area contributed by atoms with Gasteiger partial charge in [-0.3, -0.25) is 0 Å². The Labute approximate surface area is 118 Å². The van der Waals surface area contributed by atoms with Crippen molar-refractivity contribution in [3.8, 4) is 0 Å². The summed E-state index contributed by atoms with van der Waals surface area (Å²) in [6.45, 7) is 2.62. The lowest BCUT2D eigenvalue weighted by molar-refractivity contribution is -0.139. The largest absolute Gasteiger partial charge is 0.480 e. The highest BCUT2D eigenvalue weighted by atomic mass is 32.2. The van der Waals surface area contributed by atoms with Crippen LogP contribution in [0.15, 0.2) is 0 Å². The van der Waals surface area contributed by atoms with Crippen LogP contribution in [-0.2, 0) is 4.79 Å². The first-order valence-electron chi connectivity index (χ1n) is 7.02. The number of amides is 2. The van der Waals surface area contributed by atoms with E-state index in [1.807, 2.05) is 18.7 Å². The summed E-state index contributed by atoms with van der Waals surface area (Å²) < 4.78 is 0. The lowest BCUT2D eigenvalue weighted by atomic mass is 10.1. The molecule has 2 amide bonds. The highest BCUT2D eigenvalue weighted by Gasteiger charge is 2.20. The van der Waals surface area contributed by atoms with Crippen molar-refractivity contribution in [3.05, 3.63) is 0 Å². The van der Waals surface area contributed by atoms with Gasteiger partial charge in [-0.05, 0) is 25.0 Å². The summed E-state index contributed by atoms with van der Waals surface area (Å²) in [6.07, 6.45) is 5.81. The first-order chi connectivity index (χ1) is 9.13. The zero-order valence-corrected chi connectivity index (χ0v) is 12.3. The molecule has 3 N–H and O–H groups in total. The van der Waals surface area contributed by atoms with E-state index in [2.05, 4.69) is 10.6 Å². The van der Waals surface area contributed by atoms with Crippen LogP contribution >= 0.6 is 11.8 Å². The molecular weight excluding hydrogens is 264 g/mol. The smallest absolute Gasteiger partial charge is 0.326 e. The lowest BCUT2D eigenvalue weighted by Crippen LogP contribution is -2.47. The van der Waals surface area contributed by atoms with Gasteiger partial charge in [0.2, 0.25) is 0 Å². The second-order valence-corrected chi connectivity index (χ2v) is 6.28. The van der Waals surface area contributed by atoms with Crippen molar-refractivity contribution in [2.75, 3.05) is 12.3 Å². The fourth-order valence-corrected chi connectivity index (χ4v) is 3.29. The molecule has 19 heavy (non-hydrogen) atoms. The number of hydrogen-bond acceptors (Lipinski definition) is 3. The number of unbranched alkanes of at least 4 members (excludes halogenated alkanes) is 1. The number of carbonyl (C=O) groups excluding carboxylic acids is 1. The van der Waals surface area contributed by atoms with Gasteiger partial charge in [-0.1, -0.05) is 26.2 Å². The van der Waals surface area contributed by atoms with Crippen molar-refractivity contribution in [1.82, 2.24) is 10.6 Å².